The molecule has 0 fully saturated rings. The summed E-state index contributed by atoms with van der Waals surface area (Å²) in [6.45, 7) is 0.335. The third-order valence-electron chi connectivity index (χ3n) is 5.67. The predicted molar refractivity (Wildman–Crippen MR) is 121 cm³/mol. The summed E-state index contributed by atoms with van der Waals surface area (Å²) < 4.78 is 0. The number of amides is 2. The maximum absolute atomic E-state index is 13.4. The topological polar surface area (TPSA) is 144 Å². The summed E-state index contributed by atoms with van der Waals surface area (Å²) in [6.07, 6.45) is 0.683. The molecular formula is C23H18N6O4. The number of nitrogens with zero attached hydrogens (tertiary/aromatic N) is 4. The SMILES string of the molecule is Nc1ncccc1C(=O)N[C@@H]1N=C(c2ccccc2)c2cc([N+](=O)[O-])cc3c2N(CC3)C1=O. The molecule has 10 heteroatoms. The van der Waals surface area contributed by atoms with Gasteiger partial charge in [-0.2, -0.15) is 0 Å². The van der Waals surface area contributed by atoms with Gasteiger partial charge in [-0.25, -0.2) is 9.98 Å². The molecule has 2 amide bonds. The zero-order valence-corrected chi connectivity index (χ0v) is 17.3. The van der Waals surface area contributed by atoms with E-state index in [2.05, 4.69) is 15.3 Å². The second-order valence-corrected chi connectivity index (χ2v) is 7.65. The van der Waals surface area contributed by atoms with E-state index in [0.717, 1.165) is 0 Å². The van der Waals surface area contributed by atoms with E-state index in [1.54, 1.807) is 18.2 Å². The van der Waals surface area contributed by atoms with E-state index >= 15 is 0 Å². The fourth-order valence-electron chi connectivity index (χ4n) is 4.17. The van der Waals surface area contributed by atoms with E-state index in [9.17, 15) is 19.7 Å². The van der Waals surface area contributed by atoms with Crippen molar-refractivity contribution in [3.8, 4) is 0 Å². The highest BCUT2D eigenvalue weighted by Crippen LogP contribution is 2.39. The van der Waals surface area contributed by atoms with E-state index in [-0.39, 0.29) is 17.1 Å². The molecule has 33 heavy (non-hydrogen) atoms. The lowest BCUT2D eigenvalue weighted by atomic mass is 9.97. The van der Waals surface area contributed by atoms with Gasteiger partial charge in [0.05, 0.1) is 21.9 Å². The Morgan fingerprint density at radius 1 is 1.18 bits per heavy atom. The van der Waals surface area contributed by atoms with Crippen molar-refractivity contribution in [2.45, 2.75) is 12.6 Å². The maximum atomic E-state index is 13.4. The lowest BCUT2D eigenvalue weighted by molar-refractivity contribution is -0.384. The van der Waals surface area contributed by atoms with Gasteiger partial charge in [0.1, 0.15) is 5.82 Å². The van der Waals surface area contributed by atoms with Crippen molar-refractivity contribution in [3.05, 3.63) is 93.2 Å². The van der Waals surface area contributed by atoms with Crippen molar-refractivity contribution in [2.24, 2.45) is 4.99 Å². The van der Waals surface area contributed by atoms with E-state index in [1.807, 2.05) is 18.2 Å². The highest BCUT2D eigenvalue weighted by Gasteiger charge is 2.38. The van der Waals surface area contributed by atoms with Gasteiger partial charge in [-0.3, -0.25) is 19.7 Å². The summed E-state index contributed by atoms with van der Waals surface area (Å²) in [5, 5.41) is 14.2. The molecule has 10 nitrogen and oxygen atoms in total. The molecule has 3 heterocycles. The number of nitro benzene ring substituents is 1. The van der Waals surface area contributed by atoms with Gasteiger partial charge in [0, 0.05) is 36.0 Å². The number of nitrogens with one attached hydrogen (secondary N) is 1. The van der Waals surface area contributed by atoms with Gasteiger partial charge >= 0.3 is 0 Å². The van der Waals surface area contributed by atoms with Gasteiger partial charge in [0.15, 0.2) is 0 Å². The minimum atomic E-state index is -1.25. The van der Waals surface area contributed by atoms with E-state index in [0.29, 0.717) is 41.1 Å². The Hall–Kier alpha value is -4.60. The van der Waals surface area contributed by atoms with Crippen molar-refractivity contribution in [3.63, 3.8) is 0 Å². The van der Waals surface area contributed by atoms with Crippen molar-refractivity contribution in [1.82, 2.24) is 10.3 Å². The number of nitro groups is 1. The van der Waals surface area contributed by atoms with Crippen molar-refractivity contribution < 1.29 is 14.5 Å². The van der Waals surface area contributed by atoms with Gasteiger partial charge in [-0.15, -0.1) is 0 Å². The molecule has 3 N–H and O–H groups in total. The Kier molecular flexibility index (Phi) is 4.82. The van der Waals surface area contributed by atoms with Crippen LogP contribution in [0.2, 0.25) is 0 Å². The van der Waals surface area contributed by atoms with Crippen molar-refractivity contribution >= 4 is 34.7 Å². The number of aromatic nitrogens is 1. The normalized spacial score (nSPS) is 16.6. The molecule has 3 aromatic rings. The first-order valence-electron chi connectivity index (χ1n) is 10.2. The lowest BCUT2D eigenvalue weighted by Gasteiger charge is -2.21. The fourth-order valence-corrected chi connectivity index (χ4v) is 4.17. The summed E-state index contributed by atoms with van der Waals surface area (Å²) in [5.41, 5.74) is 8.69. The van der Waals surface area contributed by atoms with Crippen LogP contribution in [0, 0.1) is 10.1 Å². The number of non-ortho nitro benzene ring substituents is 1. The van der Waals surface area contributed by atoms with Crippen LogP contribution in [0.4, 0.5) is 17.2 Å². The largest absolute Gasteiger partial charge is 0.383 e. The molecule has 0 saturated heterocycles. The summed E-state index contributed by atoms with van der Waals surface area (Å²) in [6, 6.07) is 15.1. The first-order valence-corrected chi connectivity index (χ1v) is 10.2. The van der Waals surface area contributed by atoms with Crippen LogP contribution in [0.3, 0.4) is 0 Å². The van der Waals surface area contributed by atoms with E-state index < -0.39 is 22.9 Å². The third-order valence-corrected chi connectivity index (χ3v) is 5.67. The first-order chi connectivity index (χ1) is 15.9. The molecule has 2 aliphatic rings. The van der Waals surface area contributed by atoms with Gasteiger partial charge < -0.3 is 16.0 Å². The van der Waals surface area contributed by atoms with Crippen molar-refractivity contribution in [2.75, 3.05) is 17.2 Å². The molecule has 1 aromatic heterocycles. The lowest BCUT2D eigenvalue weighted by Crippen LogP contribution is -2.47. The molecule has 0 aliphatic carbocycles. The quantitative estimate of drug-likeness (QED) is 0.468. The number of carbonyl (C=O) groups is 2. The summed E-state index contributed by atoms with van der Waals surface area (Å²) >= 11 is 0. The number of hydrogen-bond donors (Lipinski definition) is 2. The number of aliphatic imine (C=N–C) groups is 1. The molecule has 0 radical (unpaired) electrons. The van der Waals surface area contributed by atoms with Crippen LogP contribution in [-0.4, -0.2) is 40.1 Å². The molecule has 0 saturated carbocycles. The second kappa shape index (κ2) is 7.83. The third kappa shape index (κ3) is 3.47. The van der Waals surface area contributed by atoms with Crippen LogP contribution in [0.15, 0.2) is 65.8 Å². The van der Waals surface area contributed by atoms with Crippen LogP contribution >= 0.6 is 0 Å². The predicted octanol–water partition coefficient (Wildman–Crippen LogP) is 2.07. The summed E-state index contributed by atoms with van der Waals surface area (Å²) in [7, 11) is 0. The highest BCUT2D eigenvalue weighted by atomic mass is 16.6. The van der Waals surface area contributed by atoms with Crippen LogP contribution in [0.25, 0.3) is 0 Å². The van der Waals surface area contributed by atoms with Crippen LogP contribution in [0.1, 0.15) is 27.0 Å². The molecule has 164 valence electrons. The molecule has 0 bridgehead atoms. The number of nitrogens with two attached hydrogens (primary N) is 1. The smallest absolute Gasteiger partial charge is 0.272 e. The molecular weight excluding hydrogens is 424 g/mol. The Balaban J connectivity index is 1.66. The van der Waals surface area contributed by atoms with Gasteiger partial charge in [0.25, 0.3) is 17.5 Å². The van der Waals surface area contributed by atoms with Gasteiger partial charge in [-0.1, -0.05) is 30.3 Å². The Labute approximate surface area is 187 Å². The minimum Gasteiger partial charge on any atom is -0.383 e. The summed E-state index contributed by atoms with van der Waals surface area (Å²) in [4.78, 5) is 47.5. The maximum Gasteiger partial charge on any atom is 0.272 e. The number of nitrogen functional groups attached to an aromatic ring is 1. The molecule has 0 unspecified atom stereocenters. The second-order valence-electron chi connectivity index (χ2n) is 7.65. The highest BCUT2D eigenvalue weighted by molar-refractivity contribution is 6.21. The van der Waals surface area contributed by atoms with E-state index in [1.165, 1.54) is 29.3 Å². The average Bonchev–Trinajstić information content (AvgIpc) is 3.21. The number of benzene rings is 2. The Bertz CT molecular complexity index is 1340. The molecule has 2 aliphatic heterocycles. The van der Waals surface area contributed by atoms with Crippen LogP contribution < -0.4 is 16.0 Å². The zero-order valence-electron chi connectivity index (χ0n) is 17.3. The van der Waals surface area contributed by atoms with E-state index in [4.69, 9.17) is 5.73 Å². The van der Waals surface area contributed by atoms with Crippen LogP contribution in [0.5, 0.6) is 0 Å². The summed E-state index contributed by atoms with van der Waals surface area (Å²) in [5.74, 6) is -0.984. The standard InChI is InChI=1S/C23H18N6O4/c24-20-16(7-4-9-25-20)22(30)27-21-23(31)28-10-8-14-11-15(29(32)33)12-17(19(14)28)18(26-21)13-5-2-1-3-6-13/h1-7,9,11-12,21H,8,10H2,(H2,24,25)(H,27,30)/t21-/m0/s1. The van der Waals surface area contributed by atoms with Gasteiger partial charge in [0.2, 0.25) is 6.17 Å². The number of rotatable bonds is 4. The Morgan fingerprint density at radius 3 is 2.70 bits per heavy atom. The first kappa shape index (κ1) is 20.3. The number of hydrogen-bond acceptors (Lipinski definition) is 7. The zero-order chi connectivity index (χ0) is 23.1. The molecule has 0 spiro atoms. The fraction of sp³-hybridized carbons (Fsp3) is 0.130. The Morgan fingerprint density at radius 2 is 1.97 bits per heavy atom. The molecule has 2 aromatic carbocycles. The average molecular weight is 442 g/mol. The van der Waals surface area contributed by atoms with Gasteiger partial charge in [-0.05, 0) is 24.1 Å². The number of carbonyl (C=O) groups excluding carboxylic acids is 2. The monoisotopic (exact) mass is 442 g/mol. The van der Waals surface area contributed by atoms with Crippen molar-refractivity contribution in [1.29, 1.82) is 0 Å². The number of anilines is 2. The van der Waals surface area contributed by atoms with Crippen LogP contribution in [-0.2, 0) is 11.2 Å². The number of pyridine rings is 1. The molecule has 1 atom stereocenters. The minimum absolute atomic E-state index is 0.0331. The molecule has 5 rings (SSSR count).